The first-order valence-electron chi connectivity index (χ1n) is 5.75. The fraction of sp³-hybridized carbons (Fsp3) is 0.571. The highest BCUT2D eigenvalue weighted by molar-refractivity contribution is 5.30. The Labute approximate surface area is 89.4 Å². The zero-order valence-electron chi connectivity index (χ0n) is 10.1. The molecule has 0 saturated carbocycles. The van der Waals surface area contributed by atoms with Crippen molar-refractivity contribution in [1.82, 2.24) is 0 Å². The Bertz CT molecular complexity index is 206. The van der Waals surface area contributed by atoms with Crippen LogP contribution in [0.25, 0.3) is 0 Å². The predicted molar refractivity (Wildman–Crippen MR) is 66.4 cm³/mol. The summed E-state index contributed by atoms with van der Waals surface area (Å²) in [7, 11) is 0. The second-order valence-corrected chi connectivity index (χ2v) is 3.74. The molecule has 0 heterocycles. The normalized spacial score (nSPS) is 15.6. The maximum Gasteiger partial charge on any atom is -0.0256 e. The molecule has 0 amide bonds. The molecule has 1 unspecified atom stereocenters. The van der Waals surface area contributed by atoms with Crippen molar-refractivity contribution < 1.29 is 0 Å². The molecule has 0 heteroatoms. The van der Waals surface area contributed by atoms with Crippen molar-refractivity contribution >= 4 is 0 Å². The van der Waals surface area contributed by atoms with Gasteiger partial charge in [0.25, 0.3) is 0 Å². The quantitative estimate of drug-likeness (QED) is 0.525. The molecule has 0 spiro atoms. The Kier molecular flexibility index (Phi) is 8.31. The van der Waals surface area contributed by atoms with Crippen LogP contribution < -0.4 is 0 Å². The fourth-order valence-electron chi connectivity index (χ4n) is 1.19. The van der Waals surface area contributed by atoms with Gasteiger partial charge in [-0.15, -0.1) is 0 Å². The molecule has 0 radical (unpaired) electrons. The number of allylic oxidation sites excluding steroid dienone is 6. The summed E-state index contributed by atoms with van der Waals surface area (Å²) in [6.07, 6.45) is 14.7. The van der Waals surface area contributed by atoms with Gasteiger partial charge in [0, 0.05) is 0 Å². The van der Waals surface area contributed by atoms with E-state index in [-0.39, 0.29) is 0 Å². The topological polar surface area (TPSA) is 0 Å². The predicted octanol–water partition coefficient (Wildman–Crippen LogP) is 4.89. The fourth-order valence-corrected chi connectivity index (χ4v) is 1.19. The highest BCUT2D eigenvalue weighted by Crippen LogP contribution is 2.10. The lowest BCUT2D eigenvalue weighted by molar-refractivity contribution is 0.696. The van der Waals surface area contributed by atoms with E-state index in [1.54, 1.807) is 0 Å². The zero-order chi connectivity index (χ0) is 10.8. The molecule has 0 aliphatic carbocycles. The molecule has 80 valence electrons. The Morgan fingerprint density at radius 2 is 1.93 bits per heavy atom. The first-order chi connectivity index (χ1) is 6.74. The molecular formula is C14H24. The lowest BCUT2D eigenvalue weighted by Crippen LogP contribution is -1.87. The Hall–Kier alpha value is -0.780. The molecule has 1 atom stereocenters. The molecule has 0 bridgehead atoms. The van der Waals surface area contributed by atoms with Gasteiger partial charge in [-0.1, -0.05) is 64.0 Å². The van der Waals surface area contributed by atoms with E-state index in [1.165, 1.54) is 24.8 Å². The molecule has 0 fully saturated rings. The van der Waals surface area contributed by atoms with E-state index in [2.05, 4.69) is 58.1 Å². The summed E-state index contributed by atoms with van der Waals surface area (Å²) in [5.41, 5.74) is 1.34. The molecule has 0 aliphatic rings. The average molecular weight is 192 g/mol. The van der Waals surface area contributed by atoms with Crippen molar-refractivity contribution in [1.29, 1.82) is 0 Å². The zero-order valence-corrected chi connectivity index (χ0v) is 10.1. The van der Waals surface area contributed by atoms with Gasteiger partial charge in [-0.3, -0.25) is 0 Å². The van der Waals surface area contributed by atoms with Crippen LogP contribution in [0.15, 0.2) is 36.0 Å². The largest absolute Gasteiger partial charge is 0.0871 e. The highest BCUT2D eigenvalue weighted by atomic mass is 14.0. The van der Waals surface area contributed by atoms with E-state index in [4.69, 9.17) is 0 Å². The van der Waals surface area contributed by atoms with Crippen LogP contribution in [0.4, 0.5) is 0 Å². The smallest absolute Gasteiger partial charge is 0.0256 e. The number of unbranched alkanes of at least 4 members (excludes halogenated alkanes) is 1. The van der Waals surface area contributed by atoms with Crippen LogP contribution in [0.2, 0.25) is 0 Å². The third-order valence-electron chi connectivity index (χ3n) is 2.25. The van der Waals surface area contributed by atoms with E-state index in [0.29, 0.717) is 5.92 Å². The Morgan fingerprint density at radius 3 is 2.43 bits per heavy atom. The molecular weight excluding hydrogens is 168 g/mol. The van der Waals surface area contributed by atoms with Crippen LogP contribution in [0.3, 0.4) is 0 Å². The second-order valence-electron chi connectivity index (χ2n) is 3.74. The van der Waals surface area contributed by atoms with Gasteiger partial charge in [-0.25, -0.2) is 0 Å². The van der Waals surface area contributed by atoms with Gasteiger partial charge in [0.05, 0.1) is 0 Å². The summed E-state index contributed by atoms with van der Waals surface area (Å²) in [4.78, 5) is 0. The van der Waals surface area contributed by atoms with Crippen molar-refractivity contribution in [3.8, 4) is 0 Å². The maximum atomic E-state index is 2.34. The van der Waals surface area contributed by atoms with Crippen LogP contribution in [0, 0.1) is 5.92 Å². The van der Waals surface area contributed by atoms with Crippen LogP contribution in [0.5, 0.6) is 0 Å². The molecule has 14 heavy (non-hydrogen) atoms. The van der Waals surface area contributed by atoms with Crippen molar-refractivity contribution in [3.63, 3.8) is 0 Å². The summed E-state index contributed by atoms with van der Waals surface area (Å²) < 4.78 is 0. The second kappa shape index (κ2) is 8.80. The van der Waals surface area contributed by atoms with Crippen LogP contribution in [-0.4, -0.2) is 0 Å². The van der Waals surface area contributed by atoms with Crippen LogP contribution in [0.1, 0.15) is 47.0 Å². The lowest BCUT2D eigenvalue weighted by atomic mass is 10.0. The van der Waals surface area contributed by atoms with E-state index < -0.39 is 0 Å². The maximum absolute atomic E-state index is 2.34. The van der Waals surface area contributed by atoms with Gasteiger partial charge in [0.15, 0.2) is 0 Å². The van der Waals surface area contributed by atoms with E-state index in [0.717, 1.165) is 0 Å². The third-order valence-corrected chi connectivity index (χ3v) is 2.25. The molecule has 0 N–H and O–H groups in total. The van der Waals surface area contributed by atoms with Crippen LogP contribution in [-0.2, 0) is 0 Å². The highest BCUT2D eigenvalue weighted by Gasteiger charge is 1.93. The molecule has 0 aromatic rings. The van der Waals surface area contributed by atoms with Gasteiger partial charge in [0.2, 0.25) is 0 Å². The number of hydrogen-bond donors (Lipinski definition) is 0. The average Bonchev–Trinajstić information content (AvgIpc) is 2.18. The van der Waals surface area contributed by atoms with E-state index in [1.807, 2.05) is 0 Å². The minimum absolute atomic E-state index is 0.674. The molecule has 0 aromatic heterocycles. The monoisotopic (exact) mass is 192 g/mol. The van der Waals surface area contributed by atoms with E-state index in [9.17, 15) is 0 Å². The first-order valence-corrected chi connectivity index (χ1v) is 5.75. The summed E-state index contributed by atoms with van der Waals surface area (Å²) in [6.45, 7) is 8.76. The molecule has 0 aliphatic heterocycles. The first kappa shape index (κ1) is 13.2. The SMILES string of the molecule is CC=CC(C=CCCC)=CC(C)CC. The lowest BCUT2D eigenvalue weighted by Gasteiger charge is -2.02. The van der Waals surface area contributed by atoms with Gasteiger partial charge in [-0.2, -0.15) is 0 Å². The standard InChI is InChI=1S/C14H24/c1-5-8-9-11-14(10-6-2)12-13(4)7-3/h6,9-13H,5,7-8H2,1-4H3. The number of rotatable bonds is 6. The Balaban J connectivity index is 4.35. The van der Waals surface area contributed by atoms with Crippen LogP contribution >= 0.6 is 0 Å². The summed E-state index contributed by atoms with van der Waals surface area (Å²) in [6, 6.07) is 0. The van der Waals surface area contributed by atoms with Crippen molar-refractivity contribution in [2.75, 3.05) is 0 Å². The van der Waals surface area contributed by atoms with Gasteiger partial charge in [0.1, 0.15) is 0 Å². The van der Waals surface area contributed by atoms with Crippen molar-refractivity contribution in [2.24, 2.45) is 5.92 Å². The van der Waals surface area contributed by atoms with Gasteiger partial charge in [-0.05, 0) is 24.8 Å². The van der Waals surface area contributed by atoms with Gasteiger partial charge >= 0.3 is 0 Å². The minimum atomic E-state index is 0.674. The summed E-state index contributed by atoms with van der Waals surface area (Å²) in [5.74, 6) is 0.674. The number of hydrogen-bond acceptors (Lipinski definition) is 0. The minimum Gasteiger partial charge on any atom is -0.0871 e. The molecule has 0 rings (SSSR count). The van der Waals surface area contributed by atoms with Crippen molar-refractivity contribution in [3.05, 3.63) is 36.0 Å². The van der Waals surface area contributed by atoms with E-state index >= 15 is 0 Å². The molecule has 0 nitrogen and oxygen atoms in total. The van der Waals surface area contributed by atoms with Gasteiger partial charge < -0.3 is 0 Å². The summed E-state index contributed by atoms with van der Waals surface area (Å²) >= 11 is 0. The molecule has 0 aromatic carbocycles. The summed E-state index contributed by atoms with van der Waals surface area (Å²) in [5, 5.41) is 0. The Morgan fingerprint density at radius 1 is 1.21 bits per heavy atom. The van der Waals surface area contributed by atoms with Crippen molar-refractivity contribution in [2.45, 2.75) is 47.0 Å². The molecule has 0 saturated heterocycles. The third kappa shape index (κ3) is 6.71.